The highest BCUT2D eigenvalue weighted by molar-refractivity contribution is 9.10. The Labute approximate surface area is 200 Å². The Kier molecular flexibility index (Phi) is 4.73. The number of hydrogen-bond donors (Lipinski definition) is 1. The summed E-state index contributed by atoms with van der Waals surface area (Å²) in [4.78, 5) is 19.2. The van der Waals surface area contributed by atoms with Crippen molar-refractivity contribution in [1.29, 1.82) is 0 Å². The lowest BCUT2D eigenvalue weighted by Crippen LogP contribution is -2.28. The van der Waals surface area contributed by atoms with Gasteiger partial charge in [0.05, 0.1) is 18.3 Å². The number of carbonyl (C=O) groups is 1. The number of para-hydroxylation sites is 1. The van der Waals surface area contributed by atoms with Crippen LogP contribution in [0.3, 0.4) is 0 Å². The number of hydrogen-bond acceptors (Lipinski definition) is 2. The van der Waals surface area contributed by atoms with E-state index in [9.17, 15) is 4.79 Å². The van der Waals surface area contributed by atoms with E-state index < -0.39 is 0 Å². The average molecular weight is 497 g/mol. The Balaban J connectivity index is 1.60. The number of fused-ring (bicyclic) bond motifs is 2. The molecular formula is C28H21BrN2O2. The number of nitrogens with zero attached hydrogens (tertiary/aromatic N) is 1. The molecule has 0 saturated heterocycles. The van der Waals surface area contributed by atoms with Gasteiger partial charge in [-0.05, 0) is 54.4 Å². The van der Waals surface area contributed by atoms with E-state index in [0.29, 0.717) is 6.54 Å². The van der Waals surface area contributed by atoms with Gasteiger partial charge in [0.2, 0.25) is 0 Å². The van der Waals surface area contributed by atoms with Crippen molar-refractivity contribution in [3.05, 3.63) is 118 Å². The van der Waals surface area contributed by atoms with Gasteiger partial charge in [-0.25, -0.2) is 0 Å². The molecule has 1 aliphatic rings. The van der Waals surface area contributed by atoms with Crippen molar-refractivity contribution >= 4 is 32.7 Å². The minimum atomic E-state index is -0.228. The molecule has 0 fully saturated rings. The van der Waals surface area contributed by atoms with Gasteiger partial charge in [0.15, 0.2) is 0 Å². The quantitative estimate of drug-likeness (QED) is 0.285. The van der Waals surface area contributed by atoms with Crippen LogP contribution >= 0.6 is 15.9 Å². The van der Waals surface area contributed by atoms with Crippen molar-refractivity contribution in [2.24, 2.45) is 0 Å². The lowest BCUT2D eigenvalue weighted by atomic mass is 9.93. The third kappa shape index (κ3) is 3.31. The highest BCUT2D eigenvalue weighted by atomic mass is 79.9. The maximum Gasteiger partial charge on any atom is 0.255 e. The van der Waals surface area contributed by atoms with Crippen LogP contribution in [0, 0.1) is 6.92 Å². The first kappa shape index (κ1) is 20.1. The number of aryl methyl sites for hydroxylation is 1. The number of aromatic nitrogens is 1. The first-order valence-corrected chi connectivity index (χ1v) is 11.7. The zero-order chi connectivity index (χ0) is 22.5. The van der Waals surface area contributed by atoms with E-state index >= 15 is 0 Å². The Hall–Kier alpha value is -3.57. The maximum absolute atomic E-state index is 13.6. The summed E-state index contributed by atoms with van der Waals surface area (Å²) < 4.78 is 6.89. The molecule has 33 heavy (non-hydrogen) atoms. The molecule has 3 aromatic carbocycles. The number of benzene rings is 3. The summed E-state index contributed by atoms with van der Waals surface area (Å²) in [6, 6.07) is 28.2. The molecule has 0 spiro atoms. The number of amides is 1. The third-order valence-electron chi connectivity index (χ3n) is 6.33. The molecule has 5 heteroatoms. The second kappa shape index (κ2) is 7.78. The highest BCUT2D eigenvalue weighted by Gasteiger charge is 2.40. The zero-order valence-corrected chi connectivity index (χ0v) is 19.6. The Morgan fingerprint density at radius 1 is 0.939 bits per heavy atom. The Morgan fingerprint density at radius 3 is 2.48 bits per heavy atom. The number of aromatic amines is 1. The molecule has 1 atom stereocenters. The van der Waals surface area contributed by atoms with E-state index in [1.807, 2.05) is 66.4 Å². The normalized spacial score (nSPS) is 15.4. The molecule has 0 radical (unpaired) electrons. The summed E-state index contributed by atoms with van der Waals surface area (Å²) in [5.41, 5.74) is 6.03. The van der Waals surface area contributed by atoms with E-state index in [-0.39, 0.29) is 11.9 Å². The van der Waals surface area contributed by atoms with Crippen LogP contribution in [0.5, 0.6) is 0 Å². The number of furan rings is 1. The maximum atomic E-state index is 13.6. The van der Waals surface area contributed by atoms with E-state index in [4.69, 9.17) is 4.42 Å². The SMILES string of the molecule is Cc1ccc(CN2C(=O)c3ccccc3[C@H]2c2c(-c3ccc(Br)cc3)[nH]c3ccccc23)o1. The van der Waals surface area contributed by atoms with Crippen LogP contribution in [0.25, 0.3) is 22.2 Å². The second-order valence-electron chi connectivity index (χ2n) is 8.40. The molecule has 6 rings (SSSR count). The summed E-state index contributed by atoms with van der Waals surface area (Å²) in [6.07, 6.45) is 0. The fourth-order valence-electron chi connectivity index (χ4n) is 4.87. The first-order chi connectivity index (χ1) is 16.1. The minimum Gasteiger partial charge on any atom is -0.464 e. The van der Waals surface area contributed by atoms with E-state index in [1.54, 1.807) is 0 Å². The van der Waals surface area contributed by atoms with Crippen LogP contribution in [0.4, 0.5) is 0 Å². The Morgan fingerprint density at radius 2 is 1.70 bits per heavy atom. The number of nitrogens with one attached hydrogen (secondary N) is 1. The largest absolute Gasteiger partial charge is 0.464 e. The lowest BCUT2D eigenvalue weighted by molar-refractivity contribution is 0.0723. The van der Waals surface area contributed by atoms with Crippen molar-refractivity contribution in [2.75, 3.05) is 0 Å². The van der Waals surface area contributed by atoms with Gasteiger partial charge >= 0.3 is 0 Å². The monoisotopic (exact) mass is 496 g/mol. The van der Waals surface area contributed by atoms with E-state index in [0.717, 1.165) is 54.8 Å². The van der Waals surface area contributed by atoms with Crippen molar-refractivity contribution in [3.8, 4) is 11.3 Å². The Bertz CT molecular complexity index is 1500. The van der Waals surface area contributed by atoms with E-state index in [2.05, 4.69) is 51.2 Å². The van der Waals surface area contributed by atoms with Gasteiger partial charge in [-0.3, -0.25) is 4.79 Å². The topological polar surface area (TPSA) is 49.2 Å². The smallest absolute Gasteiger partial charge is 0.255 e. The molecule has 1 N–H and O–H groups in total. The van der Waals surface area contributed by atoms with Gasteiger partial charge in [-0.15, -0.1) is 0 Å². The van der Waals surface area contributed by atoms with Gasteiger partial charge in [-0.1, -0.05) is 64.5 Å². The molecule has 162 valence electrons. The van der Waals surface area contributed by atoms with Crippen LogP contribution in [-0.4, -0.2) is 15.8 Å². The summed E-state index contributed by atoms with van der Waals surface area (Å²) in [6.45, 7) is 2.33. The molecule has 0 bridgehead atoms. The average Bonchev–Trinajstić information content (AvgIpc) is 3.49. The van der Waals surface area contributed by atoms with Gasteiger partial charge in [0, 0.05) is 26.5 Å². The van der Waals surface area contributed by atoms with Gasteiger partial charge in [0.1, 0.15) is 11.5 Å². The van der Waals surface area contributed by atoms with Crippen LogP contribution in [0.2, 0.25) is 0 Å². The molecule has 1 aliphatic heterocycles. The molecule has 4 nitrogen and oxygen atoms in total. The number of H-pyrrole nitrogens is 1. The van der Waals surface area contributed by atoms with Crippen LogP contribution < -0.4 is 0 Å². The van der Waals surface area contributed by atoms with Crippen molar-refractivity contribution < 1.29 is 9.21 Å². The molecule has 0 saturated carbocycles. The summed E-state index contributed by atoms with van der Waals surface area (Å²) >= 11 is 3.54. The van der Waals surface area contributed by atoms with Crippen molar-refractivity contribution in [3.63, 3.8) is 0 Å². The van der Waals surface area contributed by atoms with Crippen LogP contribution in [0.15, 0.2) is 93.8 Å². The highest BCUT2D eigenvalue weighted by Crippen LogP contribution is 2.46. The number of halogens is 1. The molecule has 0 unspecified atom stereocenters. The molecule has 0 aliphatic carbocycles. The standard InChI is InChI=1S/C28H21BrN2O2/c1-17-10-15-20(33-17)16-31-27(21-6-2-3-7-22(21)28(31)32)25-23-8-4-5-9-24(23)30-26(25)18-11-13-19(29)14-12-18/h2-15,27,30H,16H2,1H3/t27-/m0/s1. The summed E-state index contributed by atoms with van der Waals surface area (Å²) in [7, 11) is 0. The first-order valence-electron chi connectivity index (χ1n) is 10.9. The lowest BCUT2D eigenvalue weighted by Gasteiger charge is -2.26. The zero-order valence-electron chi connectivity index (χ0n) is 18.0. The fourth-order valence-corrected chi connectivity index (χ4v) is 5.14. The van der Waals surface area contributed by atoms with Crippen LogP contribution in [0.1, 0.15) is 39.0 Å². The van der Waals surface area contributed by atoms with Crippen molar-refractivity contribution in [2.45, 2.75) is 19.5 Å². The minimum absolute atomic E-state index is 0.0247. The van der Waals surface area contributed by atoms with Gasteiger partial charge < -0.3 is 14.3 Å². The number of rotatable bonds is 4. The summed E-state index contributed by atoms with van der Waals surface area (Å²) in [5, 5.41) is 1.12. The molecule has 5 aromatic rings. The van der Waals surface area contributed by atoms with Crippen molar-refractivity contribution in [1.82, 2.24) is 9.88 Å². The molecule has 2 aromatic heterocycles. The second-order valence-corrected chi connectivity index (χ2v) is 9.32. The molecule has 3 heterocycles. The summed E-state index contributed by atoms with van der Waals surface area (Å²) in [5.74, 6) is 1.65. The fraction of sp³-hybridized carbons (Fsp3) is 0.107. The van der Waals surface area contributed by atoms with E-state index in [1.165, 1.54) is 0 Å². The van der Waals surface area contributed by atoms with Gasteiger partial charge in [-0.2, -0.15) is 0 Å². The third-order valence-corrected chi connectivity index (χ3v) is 6.86. The van der Waals surface area contributed by atoms with Gasteiger partial charge in [0.25, 0.3) is 5.91 Å². The number of carbonyl (C=O) groups excluding carboxylic acids is 1. The predicted octanol–water partition coefficient (Wildman–Crippen LogP) is 7.24. The molecular weight excluding hydrogens is 476 g/mol. The predicted molar refractivity (Wildman–Crippen MR) is 133 cm³/mol. The van der Waals surface area contributed by atoms with Crippen LogP contribution in [-0.2, 0) is 6.54 Å². The molecule has 1 amide bonds.